The van der Waals surface area contributed by atoms with Gasteiger partial charge in [-0.05, 0) is 0 Å². The average Bonchev–Trinajstić information content (AvgIpc) is 2.14. The van der Waals surface area contributed by atoms with E-state index in [-0.39, 0.29) is 6.08 Å². The highest BCUT2D eigenvalue weighted by molar-refractivity contribution is 4.94. The van der Waals surface area contributed by atoms with Crippen LogP contribution >= 0.6 is 0 Å². The number of nitrogens with zero attached hydrogens (tertiary/aromatic N) is 1. The molecule has 1 rings (SSSR count). The van der Waals surface area contributed by atoms with Crippen molar-refractivity contribution in [2.24, 2.45) is 0 Å². The molecule has 0 spiro atoms. The maximum absolute atomic E-state index is 8.51. The van der Waals surface area contributed by atoms with Crippen LogP contribution in [0.1, 0.15) is 12.7 Å². The molecule has 0 unspecified atom stereocenters. The molecule has 0 saturated heterocycles. The van der Waals surface area contributed by atoms with Crippen molar-refractivity contribution >= 4 is 0 Å². The van der Waals surface area contributed by atoms with Crippen molar-refractivity contribution in [1.29, 1.82) is 0 Å². The zero-order chi connectivity index (χ0) is 5.98. The first kappa shape index (κ1) is 5.15. The molecule has 3 nitrogen and oxygen atoms in total. The van der Waals surface area contributed by atoms with Gasteiger partial charge in [-0.15, -0.1) is 0 Å². The summed E-state index contributed by atoms with van der Waals surface area (Å²) in [6.07, 6.45) is 2.03. The Kier molecular flexibility index (Phi) is 1.20. The van der Waals surface area contributed by atoms with Crippen LogP contribution in [0.4, 0.5) is 0 Å². The van der Waals surface area contributed by atoms with Gasteiger partial charge in [0, 0.05) is 6.42 Å². The van der Waals surface area contributed by atoms with Crippen LogP contribution in [0.3, 0.4) is 0 Å². The molecule has 0 aromatic carbocycles. The Morgan fingerprint density at radius 1 is 1.88 bits per heavy atom. The van der Waals surface area contributed by atoms with Crippen molar-refractivity contribution in [3.63, 3.8) is 0 Å². The van der Waals surface area contributed by atoms with E-state index in [1.165, 1.54) is 6.20 Å². The van der Waals surface area contributed by atoms with Crippen LogP contribution in [0.15, 0.2) is 10.6 Å². The lowest BCUT2D eigenvalue weighted by Gasteiger charge is -1.79. The summed E-state index contributed by atoms with van der Waals surface area (Å²) < 4.78 is 4.68. The van der Waals surface area contributed by atoms with E-state index in [2.05, 4.69) is 9.40 Å². The molecule has 0 radical (unpaired) electrons. The van der Waals surface area contributed by atoms with Gasteiger partial charge >= 0.3 is 6.08 Å². The molecule has 0 fully saturated rings. The van der Waals surface area contributed by atoms with E-state index in [1.54, 1.807) is 0 Å². The van der Waals surface area contributed by atoms with Gasteiger partial charge in [-0.3, -0.25) is 0 Å². The van der Waals surface area contributed by atoms with Gasteiger partial charge in [-0.25, -0.2) is 0 Å². The summed E-state index contributed by atoms with van der Waals surface area (Å²) in [5.74, 6) is 0.711. The number of rotatable bonds is 1. The summed E-state index contributed by atoms with van der Waals surface area (Å²) in [4.78, 5) is 3.48. The third kappa shape index (κ3) is 0.804. The fourth-order valence-electron chi connectivity index (χ4n) is 0.461. The van der Waals surface area contributed by atoms with Gasteiger partial charge in [0.1, 0.15) is 5.76 Å². The van der Waals surface area contributed by atoms with Crippen molar-refractivity contribution in [3.8, 4) is 6.08 Å². The Labute approximate surface area is 47.0 Å². The number of aryl methyl sites for hydroxylation is 1. The Morgan fingerprint density at radius 3 is 2.88 bits per heavy atom. The van der Waals surface area contributed by atoms with E-state index in [4.69, 9.17) is 5.11 Å². The second-order valence-electron chi connectivity index (χ2n) is 1.46. The normalized spacial score (nSPS) is 9.62. The molecular formula is C5H7NO2. The first-order valence-corrected chi connectivity index (χ1v) is 2.46. The van der Waals surface area contributed by atoms with E-state index in [0.717, 1.165) is 6.42 Å². The van der Waals surface area contributed by atoms with E-state index < -0.39 is 0 Å². The quantitative estimate of drug-likeness (QED) is 0.589. The van der Waals surface area contributed by atoms with Crippen molar-refractivity contribution in [1.82, 2.24) is 4.98 Å². The van der Waals surface area contributed by atoms with Gasteiger partial charge in [0.05, 0.1) is 6.20 Å². The molecule has 1 aromatic rings. The lowest BCUT2D eigenvalue weighted by Crippen LogP contribution is -1.67. The molecule has 0 saturated carbocycles. The van der Waals surface area contributed by atoms with E-state index in [9.17, 15) is 0 Å². The Morgan fingerprint density at radius 2 is 2.62 bits per heavy atom. The second-order valence-corrected chi connectivity index (χ2v) is 1.46. The lowest BCUT2D eigenvalue weighted by molar-refractivity contribution is 0.305. The number of aromatic nitrogens is 1. The van der Waals surface area contributed by atoms with Gasteiger partial charge < -0.3 is 9.52 Å². The molecule has 0 bridgehead atoms. The Balaban J connectivity index is 2.84. The molecular weight excluding hydrogens is 106 g/mol. The maximum atomic E-state index is 8.51. The predicted molar refractivity (Wildman–Crippen MR) is 27.5 cm³/mol. The van der Waals surface area contributed by atoms with Gasteiger partial charge in [-0.2, -0.15) is 4.98 Å². The number of hydrogen-bond acceptors (Lipinski definition) is 3. The van der Waals surface area contributed by atoms with Crippen LogP contribution in [0.5, 0.6) is 6.08 Å². The van der Waals surface area contributed by atoms with Crippen molar-refractivity contribution in [2.45, 2.75) is 13.3 Å². The first-order valence-electron chi connectivity index (χ1n) is 2.46. The molecule has 8 heavy (non-hydrogen) atoms. The maximum Gasteiger partial charge on any atom is 0.391 e. The van der Waals surface area contributed by atoms with Gasteiger partial charge in [0.2, 0.25) is 0 Å². The van der Waals surface area contributed by atoms with E-state index in [0.29, 0.717) is 5.76 Å². The largest absolute Gasteiger partial charge is 0.466 e. The first-order chi connectivity index (χ1) is 3.83. The third-order valence-electron chi connectivity index (χ3n) is 0.890. The molecule has 0 aliphatic heterocycles. The monoisotopic (exact) mass is 113 g/mol. The van der Waals surface area contributed by atoms with Crippen molar-refractivity contribution < 1.29 is 9.52 Å². The Bertz CT molecular complexity index is 171. The van der Waals surface area contributed by atoms with Crippen LogP contribution < -0.4 is 0 Å². The van der Waals surface area contributed by atoms with E-state index >= 15 is 0 Å². The number of aromatic hydroxyl groups is 1. The highest BCUT2D eigenvalue weighted by Gasteiger charge is 1.95. The van der Waals surface area contributed by atoms with Crippen molar-refractivity contribution in [3.05, 3.63) is 12.0 Å². The third-order valence-corrected chi connectivity index (χ3v) is 0.890. The standard InChI is InChI=1S/C5H7NO2/c1-2-4-3-6-5(7)8-4/h3H,2H2,1H3,(H,6,7). The fourth-order valence-corrected chi connectivity index (χ4v) is 0.461. The summed E-state index contributed by atoms with van der Waals surface area (Å²) in [6.45, 7) is 1.93. The van der Waals surface area contributed by atoms with E-state index in [1.807, 2.05) is 6.92 Å². The number of hydrogen-bond donors (Lipinski definition) is 1. The topological polar surface area (TPSA) is 46.3 Å². The van der Waals surface area contributed by atoms with Crippen LogP contribution in [0.25, 0.3) is 0 Å². The fraction of sp³-hybridized carbons (Fsp3) is 0.400. The van der Waals surface area contributed by atoms with Crippen LogP contribution in [-0.2, 0) is 6.42 Å². The summed E-state index contributed by atoms with van der Waals surface area (Å²) in [5.41, 5.74) is 0. The molecule has 0 atom stereocenters. The molecule has 0 amide bonds. The summed E-state index contributed by atoms with van der Waals surface area (Å²) in [6, 6.07) is 0. The highest BCUT2D eigenvalue weighted by Crippen LogP contribution is 2.07. The number of oxazole rings is 1. The molecule has 0 aliphatic rings. The lowest BCUT2D eigenvalue weighted by atomic mass is 10.4. The highest BCUT2D eigenvalue weighted by atomic mass is 16.5. The van der Waals surface area contributed by atoms with Gasteiger partial charge in [-0.1, -0.05) is 6.92 Å². The zero-order valence-electron chi connectivity index (χ0n) is 4.59. The zero-order valence-corrected chi connectivity index (χ0v) is 4.59. The van der Waals surface area contributed by atoms with Crippen LogP contribution in [0.2, 0.25) is 0 Å². The van der Waals surface area contributed by atoms with Crippen molar-refractivity contribution in [2.75, 3.05) is 0 Å². The molecule has 1 aromatic heterocycles. The predicted octanol–water partition coefficient (Wildman–Crippen LogP) is 0.943. The summed E-state index contributed by atoms with van der Waals surface area (Å²) >= 11 is 0. The minimum atomic E-state index is -0.248. The molecule has 3 heteroatoms. The van der Waals surface area contributed by atoms with Gasteiger partial charge in [0.15, 0.2) is 0 Å². The van der Waals surface area contributed by atoms with Crippen LogP contribution in [0, 0.1) is 0 Å². The summed E-state index contributed by atoms with van der Waals surface area (Å²) in [7, 11) is 0. The minimum absolute atomic E-state index is 0.248. The minimum Gasteiger partial charge on any atom is -0.466 e. The second kappa shape index (κ2) is 1.86. The van der Waals surface area contributed by atoms with Crippen LogP contribution in [-0.4, -0.2) is 10.1 Å². The molecule has 44 valence electrons. The Hall–Kier alpha value is -0.990. The SMILES string of the molecule is CCc1cnc(O)o1. The average molecular weight is 113 g/mol. The summed E-state index contributed by atoms with van der Waals surface area (Å²) in [5, 5.41) is 8.51. The van der Waals surface area contributed by atoms with Gasteiger partial charge in [0.25, 0.3) is 0 Å². The molecule has 1 N–H and O–H groups in total. The molecule has 0 aliphatic carbocycles. The molecule has 1 heterocycles. The smallest absolute Gasteiger partial charge is 0.391 e.